The zero-order valence-corrected chi connectivity index (χ0v) is 14.8. The van der Waals surface area contributed by atoms with Crippen molar-refractivity contribution in [2.75, 3.05) is 6.79 Å². The van der Waals surface area contributed by atoms with E-state index in [1.807, 2.05) is 12.1 Å². The van der Waals surface area contributed by atoms with Gasteiger partial charge in [0, 0.05) is 18.7 Å². The van der Waals surface area contributed by atoms with Crippen LogP contribution in [0.15, 0.2) is 50.9 Å². The maximum absolute atomic E-state index is 12.5. The third kappa shape index (κ3) is 2.54. The molecule has 0 amide bonds. The highest BCUT2D eigenvalue weighted by Gasteiger charge is 2.19. The van der Waals surface area contributed by atoms with E-state index in [4.69, 9.17) is 9.47 Å². The molecule has 0 atom stereocenters. The lowest BCUT2D eigenvalue weighted by molar-refractivity contribution is 0.174. The first-order chi connectivity index (χ1) is 11.6. The van der Waals surface area contributed by atoms with Crippen LogP contribution in [0, 0.1) is 0 Å². The van der Waals surface area contributed by atoms with Gasteiger partial charge < -0.3 is 14.0 Å². The highest BCUT2D eigenvalue weighted by molar-refractivity contribution is 7.92. The summed E-state index contributed by atoms with van der Waals surface area (Å²) >= 11 is 2.44. The first-order valence-electron chi connectivity index (χ1n) is 6.97. The van der Waals surface area contributed by atoms with Gasteiger partial charge in [-0.1, -0.05) is 23.5 Å². The predicted octanol–water partition coefficient (Wildman–Crippen LogP) is 2.97. The molecule has 0 unspecified atom stereocenters. The average molecular weight is 380 g/mol. The van der Waals surface area contributed by atoms with Gasteiger partial charge >= 0.3 is 0 Å². The van der Waals surface area contributed by atoms with E-state index in [2.05, 4.69) is 11.0 Å². The molecule has 0 aliphatic carbocycles. The summed E-state index contributed by atoms with van der Waals surface area (Å²) in [6.45, 7) is 4.38. The summed E-state index contributed by atoms with van der Waals surface area (Å²) in [5.74, 6) is 1.30. The lowest BCUT2D eigenvalue weighted by Crippen LogP contribution is -2.16. The fourth-order valence-electron chi connectivity index (χ4n) is 2.39. The van der Waals surface area contributed by atoms with Crippen LogP contribution in [0.4, 0.5) is 0 Å². The van der Waals surface area contributed by atoms with Gasteiger partial charge in [-0.05, 0) is 11.4 Å². The van der Waals surface area contributed by atoms with Crippen molar-refractivity contribution in [3.63, 3.8) is 0 Å². The fraction of sp³-hybridized carbons (Fsp3) is 0.133. The minimum absolute atomic E-state index is 0.193. The monoisotopic (exact) mass is 380 g/mol. The number of sulfonamides is 1. The van der Waals surface area contributed by atoms with Crippen LogP contribution in [0.2, 0.25) is 0 Å². The molecule has 24 heavy (non-hydrogen) atoms. The lowest BCUT2D eigenvalue weighted by Gasteiger charge is -2.02. The molecule has 1 aliphatic rings. The Bertz CT molecular complexity index is 1090. The van der Waals surface area contributed by atoms with Crippen molar-refractivity contribution in [2.45, 2.75) is 10.8 Å². The normalized spacial score (nSPS) is 14.4. The first kappa shape index (κ1) is 15.4. The first-order valence-corrected chi connectivity index (χ1v) is 10.1. The van der Waals surface area contributed by atoms with Crippen LogP contribution in [0.3, 0.4) is 0 Å². The van der Waals surface area contributed by atoms with E-state index in [1.165, 1.54) is 11.3 Å². The van der Waals surface area contributed by atoms with Crippen molar-refractivity contribution in [1.29, 1.82) is 0 Å². The van der Waals surface area contributed by atoms with Gasteiger partial charge in [0.2, 0.25) is 11.6 Å². The molecular weight excluding hydrogens is 368 g/mol. The summed E-state index contributed by atoms with van der Waals surface area (Å²) in [4.78, 5) is 0.391. The maximum atomic E-state index is 12.5. The van der Waals surface area contributed by atoms with Gasteiger partial charge in [0.05, 0.1) is 10.2 Å². The summed E-state index contributed by atoms with van der Waals surface area (Å²) in [6.07, 6.45) is 1.70. The molecule has 0 saturated carbocycles. The number of nitrogens with zero attached hydrogens (tertiary/aromatic N) is 2. The highest BCUT2D eigenvalue weighted by atomic mass is 32.2. The Kier molecular flexibility index (Phi) is 3.70. The molecule has 6 nitrogen and oxygen atoms in total. The third-order valence-corrected chi connectivity index (χ3v) is 7.23. The molecule has 0 bridgehead atoms. The van der Waals surface area contributed by atoms with Crippen LogP contribution in [0.1, 0.15) is 0 Å². The van der Waals surface area contributed by atoms with Crippen molar-refractivity contribution >= 4 is 42.9 Å². The average Bonchev–Trinajstić information content (AvgIpc) is 3.26. The fourth-order valence-corrected chi connectivity index (χ4v) is 5.61. The van der Waals surface area contributed by atoms with Gasteiger partial charge in [0.15, 0.2) is 11.5 Å². The van der Waals surface area contributed by atoms with Crippen molar-refractivity contribution in [2.24, 2.45) is 4.40 Å². The maximum Gasteiger partial charge on any atom is 0.294 e. The van der Waals surface area contributed by atoms with Crippen LogP contribution in [0.5, 0.6) is 11.5 Å². The van der Waals surface area contributed by atoms with E-state index in [9.17, 15) is 8.42 Å². The number of hydrogen-bond donors (Lipinski definition) is 0. The van der Waals surface area contributed by atoms with Crippen LogP contribution in [0.25, 0.3) is 10.2 Å². The molecule has 0 radical (unpaired) electrons. The summed E-state index contributed by atoms with van der Waals surface area (Å²) in [7, 11) is -3.73. The second kappa shape index (κ2) is 5.76. The summed E-state index contributed by atoms with van der Waals surface area (Å²) in [6, 6.07) is 6.92. The zero-order chi connectivity index (χ0) is 16.7. The second-order valence-corrected chi connectivity index (χ2v) is 8.74. The van der Waals surface area contributed by atoms with Gasteiger partial charge in [-0.2, -0.15) is 8.42 Å². The predicted molar refractivity (Wildman–Crippen MR) is 93.2 cm³/mol. The molecule has 2 aromatic heterocycles. The molecule has 124 valence electrons. The van der Waals surface area contributed by atoms with Gasteiger partial charge in [-0.25, -0.2) is 0 Å². The number of hydrogen-bond acceptors (Lipinski definition) is 6. The number of benzene rings is 1. The molecule has 4 rings (SSSR count). The van der Waals surface area contributed by atoms with Crippen molar-refractivity contribution in [3.8, 4) is 11.5 Å². The minimum Gasteiger partial charge on any atom is -0.454 e. The van der Waals surface area contributed by atoms with E-state index in [0.717, 1.165) is 21.6 Å². The molecule has 1 aliphatic heterocycles. The Labute approximate surface area is 146 Å². The number of rotatable bonds is 4. The lowest BCUT2D eigenvalue weighted by atomic mass is 10.3. The van der Waals surface area contributed by atoms with E-state index < -0.39 is 10.0 Å². The van der Waals surface area contributed by atoms with Crippen molar-refractivity contribution in [1.82, 2.24) is 4.57 Å². The van der Waals surface area contributed by atoms with E-state index in [0.29, 0.717) is 22.8 Å². The molecule has 0 spiro atoms. The zero-order valence-electron chi connectivity index (χ0n) is 12.3. The third-order valence-electron chi connectivity index (χ3n) is 3.44. The SMILES string of the molecule is C=CCn1c(=NS(=O)(=O)c2cccs2)sc2cc3c(cc21)OCO3. The van der Waals surface area contributed by atoms with Crippen LogP contribution < -0.4 is 14.3 Å². The molecule has 0 fully saturated rings. The van der Waals surface area contributed by atoms with Gasteiger partial charge in [0.1, 0.15) is 4.21 Å². The molecule has 0 saturated heterocycles. The van der Waals surface area contributed by atoms with Gasteiger partial charge in [-0.3, -0.25) is 0 Å². The number of fused-ring (bicyclic) bond motifs is 2. The van der Waals surface area contributed by atoms with Gasteiger partial charge in [0.25, 0.3) is 10.0 Å². The largest absolute Gasteiger partial charge is 0.454 e. The molecular formula is C15H12N2O4S3. The second-order valence-electron chi connectivity index (χ2n) is 4.96. The van der Waals surface area contributed by atoms with Crippen molar-refractivity contribution < 1.29 is 17.9 Å². The Morgan fingerprint density at radius 1 is 1.33 bits per heavy atom. The quantitative estimate of drug-likeness (QED) is 0.653. The van der Waals surface area contributed by atoms with Crippen LogP contribution in [-0.2, 0) is 16.6 Å². The van der Waals surface area contributed by atoms with E-state index in [1.54, 1.807) is 28.2 Å². The number of aromatic nitrogens is 1. The molecule has 1 aromatic carbocycles. The highest BCUT2D eigenvalue weighted by Crippen LogP contribution is 2.37. The minimum atomic E-state index is -3.73. The van der Waals surface area contributed by atoms with E-state index in [-0.39, 0.29) is 11.0 Å². The molecule has 9 heteroatoms. The number of thiophene rings is 1. The number of allylic oxidation sites excluding steroid dienone is 1. The Hall–Kier alpha value is -2.10. The standard InChI is InChI=1S/C15H12N2O4S3/c1-2-5-17-10-7-11-12(21-9-20-11)8-13(10)23-15(17)16-24(18,19)14-4-3-6-22-14/h2-4,6-8H,1,5,9H2. The molecule has 3 aromatic rings. The Morgan fingerprint density at radius 3 is 2.83 bits per heavy atom. The van der Waals surface area contributed by atoms with Gasteiger partial charge in [-0.15, -0.1) is 22.3 Å². The molecule has 3 heterocycles. The number of thiazole rings is 1. The van der Waals surface area contributed by atoms with Crippen LogP contribution in [-0.4, -0.2) is 19.8 Å². The summed E-state index contributed by atoms with van der Waals surface area (Å²) < 4.78 is 42.6. The Balaban J connectivity index is 1.97. The number of ether oxygens (including phenoxy) is 2. The molecule has 0 N–H and O–H groups in total. The van der Waals surface area contributed by atoms with Crippen molar-refractivity contribution in [3.05, 3.63) is 47.1 Å². The van der Waals surface area contributed by atoms with E-state index >= 15 is 0 Å². The summed E-state index contributed by atoms with van der Waals surface area (Å²) in [5.41, 5.74) is 0.837. The summed E-state index contributed by atoms with van der Waals surface area (Å²) in [5, 5.41) is 1.71. The smallest absolute Gasteiger partial charge is 0.294 e. The van der Waals surface area contributed by atoms with Crippen LogP contribution >= 0.6 is 22.7 Å². The Morgan fingerprint density at radius 2 is 2.12 bits per heavy atom. The topological polar surface area (TPSA) is 69.9 Å².